The first kappa shape index (κ1) is 24.7. The van der Waals surface area contributed by atoms with Crippen LogP contribution in [-0.4, -0.2) is 103 Å². The number of morpholine rings is 1. The van der Waals surface area contributed by atoms with E-state index in [0.29, 0.717) is 42.9 Å². The van der Waals surface area contributed by atoms with E-state index in [9.17, 15) is 8.42 Å². The van der Waals surface area contributed by atoms with Crippen molar-refractivity contribution in [2.75, 3.05) is 70.7 Å². The average Bonchev–Trinajstić information content (AvgIpc) is 3.27. The molecule has 5 rings (SSSR count). The summed E-state index contributed by atoms with van der Waals surface area (Å²) in [7, 11) is 0.0501. The lowest BCUT2D eigenvalue weighted by molar-refractivity contribution is 0.122. The number of anilines is 2. The Morgan fingerprint density at radius 3 is 2.54 bits per heavy atom. The molecule has 12 heteroatoms. The second-order valence-corrected chi connectivity index (χ2v) is 13.2. The van der Waals surface area contributed by atoms with Gasteiger partial charge in [0, 0.05) is 57.2 Å². The SMILES string of the molecule is CN(C)S(=O)(=O)C1CCN(CC2Cc3nc(-c4ccc(N)nc4)nc(N4CCOCC4)c3S2)CC1. The Labute approximate surface area is 211 Å². The van der Waals surface area contributed by atoms with Gasteiger partial charge in [-0.2, -0.15) is 0 Å². The number of nitrogens with two attached hydrogens (primary N) is 1. The van der Waals surface area contributed by atoms with Crippen molar-refractivity contribution in [2.24, 2.45) is 0 Å². The smallest absolute Gasteiger partial charge is 0.216 e. The maximum atomic E-state index is 12.5. The first-order chi connectivity index (χ1) is 16.8. The average molecular weight is 520 g/mol. The lowest BCUT2D eigenvalue weighted by atomic mass is 10.1. The summed E-state index contributed by atoms with van der Waals surface area (Å²) in [5, 5.41) is 0.0814. The van der Waals surface area contributed by atoms with E-state index in [1.807, 2.05) is 17.8 Å². The molecule has 2 N–H and O–H groups in total. The summed E-state index contributed by atoms with van der Waals surface area (Å²) >= 11 is 1.86. The van der Waals surface area contributed by atoms with Crippen LogP contribution in [0.5, 0.6) is 0 Å². The predicted molar refractivity (Wildman–Crippen MR) is 138 cm³/mol. The summed E-state index contributed by atoms with van der Waals surface area (Å²) in [6.45, 7) is 5.51. The molecule has 190 valence electrons. The number of ether oxygens (including phenoxy) is 1. The van der Waals surface area contributed by atoms with Gasteiger partial charge in [-0.3, -0.25) is 0 Å². The molecule has 0 amide bonds. The van der Waals surface area contributed by atoms with Crippen molar-refractivity contribution in [1.29, 1.82) is 0 Å². The number of sulfonamides is 1. The van der Waals surface area contributed by atoms with Crippen molar-refractivity contribution in [3.63, 3.8) is 0 Å². The quantitative estimate of drug-likeness (QED) is 0.599. The summed E-state index contributed by atoms with van der Waals surface area (Å²) in [5.41, 5.74) is 7.71. The van der Waals surface area contributed by atoms with Gasteiger partial charge in [0.05, 0.1) is 29.1 Å². The van der Waals surface area contributed by atoms with Gasteiger partial charge >= 0.3 is 0 Å². The molecule has 2 fully saturated rings. The van der Waals surface area contributed by atoms with Gasteiger partial charge in [-0.15, -0.1) is 11.8 Å². The van der Waals surface area contributed by atoms with E-state index in [1.165, 1.54) is 4.31 Å². The molecule has 10 nitrogen and oxygen atoms in total. The molecular formula is C23H33N7O3S2. The number of nitrogens with zero attached hydrogens (tertiary/aromatic N) is 6. The van der Waals surface area contributed by atoms with Crippen LogP contribution >= 0.6 is 11.8 Å². The lowest BCUT2D eigenvalue weighted by Crippen LogP contribution is -2.44. The van der Waals surface area contributed by atoms with E-state index in [0.717, 1.165) is 61.1 Å². The maximum absolute atomic E-state index is 12.5. The number of hydrogen-bond acceptors (Lipinski definition) is 10. The maximum Gasteiger partial charge on any atom is 0.216 e. The van der Waals surface area contributed by atoms with Crippen LogP contribution in [0.1, 0.15) is 18.5 Å². The fourth-order valence-corrected chi connectivity index (χ4v) is 7.71. The van der Waals surface area contributed by atoms with Gasteiger partial charge in [0.2, 0.25) is 10.0 Å². The Kier molecular flexibility index (Phi) is 7.18. The highest BCUT2D eigenvalue weighted by atomic mass is 32.2. The second kappa shape index (κ2) is 10.2. The van der Waals surface area contributed by atoms with Gasteiger partial charge in [0.15, 0.2) is 5.82 Å². The normalized spacial score (nSPS) is 22.0. The van der Waals surface area contributed by atoms with Crippen LogP contribution in [0.2, 0.25) is 0 Å². The molecule has 0 bridgehead atoms. The molecular weight excluding hydrogens is 486 g/mol. The van der Waals surface area contributed by atoms with Gasteiger partial charge in [0.1, 0.15) is 11.6 Å². The fourth-order valence-electron chi connectivity index (χ4n) is 4.90. The van der Waals surface area contributed by atoms with Gasteiger partial charge < -0.3 is 20.3 Å². The Hall–Kier alpha value is -1.99. The van der Waals surface area contributed by atoms with Crippen molar-refractivity contribution in [1.82, 2.24) is 24.2 Å². The van der Waals surface area contributed by atoms with E-state index in [2.05, 4.69) is 14.8 Å². The number of hydrogen-bond donors (Lipinski definition) is 1. The highest BCUT2D eigenvalue weighted by Crippen LogP contribution is 2.43. The summed E-state index contributed by atoms with van der Waals surface area (Å²) in [4.78, 5) is 20.0. The number of thioether (sulfide) groups is 1. The molecule has 35 heavy (non-hydrogen) atoms. The Morgan fingerprint density at radius 2 is 1.89 bits per heavy atom. The zero-order chi connectivity index (χ0) is 24.6. The Morgan fingerprint density at radius 1 is 1.14 bits per heavy atom. The zero-order valence-corrected chi connectivity index (χ0v) is 21.9. The summed E-state index contributed by atoms with van der Waals surface area (Å²) in [6.07, 6.45) is 3.95. The van der Waals surface area contributed by atoms with E-state index in [4.69, 9.17) is 20.4 Å². The molecule has 3 aliphatic rings. The molecule has 0 radical (unpaired) electrons. The summed E-state index contributed by atoms with van der Waals surface area (Å²) in [6, 6.07) is 3.69. The largest absolute Gasteiger partial charge is 0.384 e. The molecule has 2 saturated heterocycles. The molecule has 5 heterocycles. The van der Waals surface area contributed by atoms with Crippen molar-refractivity contribution < 1.29 is 13.2 Å². The molecule has 1 unspecified atom stereocenters. The molecule has 2 aromatic heterocycles. The first-order valence-electron chi connectivity index (χ1n) is 12.1. The zero-order valence-electron chi connectivity index (χ0n) is 20.3. The van der Waals surface area contributed by atoms with Crippen LogP contribution in [0.4, 0.5) is 11.6 Å². The Bertz CT molecular complexity index is 1150. The van der Waals surface area contributed by atoms with Crippen molar-refractivity contribution in [3.05, 3.63) is 24.0 Å². The summed E-state index contributed by atoms with van der Waals surface area (Å²) < 4.78 is 31.9. The molecule has 0 aliphatic carbocycles. The minimum absolute atomic E-state index is 0.281. The number of pyridine rings is 1. The van der Waals surface area contributed by atoms with Gasteiger partial charge in [-0.1, -0.05) is 0 Å². The topological polar surface area (TPSA) is 118 Å². The minimum Gasteiger partial charge on any atom is -0.384 e. The number of piperidine rings is 1. The van der Waals surface area contributed by atoms with E-state index in [-0.39, 0.29) is 5.25 Å². The summed E-state index contributed by atoms with van der Waals surface area (Å²) in [5.74, 6) is 2.13. The standard InChI is InChI=1S/C23H33N7O3S2/c1-28(2)35(31,32)18-5-7-29(8-6-18)15-17-13-19-21(34-17)23(30-9-11-33-12-10-30)27-22(26-19)16-3-4-20(24)25-14-16/h3-4,14,17-18H,5-13,15H2,1-2H3,(H2,24,25). The van der Waals surface area contributed by atoms with Crippen LogP contribution < -0.4 is 10.6 Å². The van der Waals surface area contributed by atoms with Crippen LogP contribution in [0.15, 0.2) is 23.2 Å². The van der Waals surface area contributed by atoms with Crippen LogP contribution in [0.3, 0.4) is 0 Å². The molecule has 2 aromatic rings. The second-order valence-electron chi connectivity index (χ2n) is 9.49. The van der Waals surface area contributed by atoms with E-state index >= 15 is 0 Å². The third kappa shape index (κ3) is 5.26. The molecule has 0 spiro atoms. The van der Waals surface area contributed by atoms with Crippen LogP contribution in [0.25, 0.3) is 11.4 Å². The van der Waals surface area contributed by atoms with E-state index < -0.39 is 10.0 Å². The Balaban J connectivity index is 1.32. The lowest BCUT2D eigenvalue weighted by Gasteiger charge is -2.34. The van der Waals surface area contributed by atoms with Crippen molar-refractivity contribution in [2.45, 2.75) is 34.7 Å². The van der Waals surface area contributed by atoms with Crippen molar-refractivity contribution in [3.8, 4) is 11.4 Å². The number of rotatable bonds is 6. The minimum atomic E-state index is -3.19. The number of nitrogen functional groups attached to an aromatic ring is 1. The number of likely N-dealkylation sites (tertiary alicyclic amines) is 1. The monoisotopic (exact) mass is 519 g/mol. The van der Waals surface area contributed by atoms with Gasteiger partial charge in [-0.05, 0) is 38.1 Å². The predicted octanol–water partition coefficient (Wildman–Crippen LogP) is 1.33. The van der Waals surface area contributed by atoms with Gasteiger partial charge in [-0.25, -0.2) is 27.7 Å². The van der Waals surface area contributed by atoms with Crippen LogP contribution in [-0.2, 0) is 21.2 Å². The first-order valence-corrected chi connectivity index (χ1v) is 14.5. The molecule has 1 atom stereocenters. The molecule has 0 saturated carbocycles. The highest BCUT2D eigenvalue weighted by molar-refractivity contribution is 8.00. The van der Waals surface area contributed by atoms with Crippen molar-refractivity contribution >= 4 is 33.4 Å². The van der Waals surface area contributed by atoms with Crippen LogP contribution in [0, 0.1) is 0 Å². The third-order valence-electron chi connectivity index (χ3n) is 6.91. The molecule has 3 aliphatic heterocycles. The fraction of sp³-hybridized carbons (Fsp3) is 0.609. The third-order valence-corrected chi connectivity index (χ3v) is 10.5. The van der Waals surface area contributed by atoms with E-state index in [1.54, 1.807) is 26.4 Å². The highest BCUT2D eigenvalue weighted by Gasteiger charge is 2.35. The van der Waals surface area contributed by atoms with Gasteiger partial charge in [0.25, 0.3) is 0 Å². The number of aromatic nitrogens is 3. The molecule has 0 aromatic carbocycles. The number of fused-ring (bicyclic) bond motifs is 1.